The zero-order valence-electron chi connectivity index (χ0n) is 10.5. The topological polar surface area (TPSA) is 74.7 Å². The van der Waals surface area contributed by atoms with Crippen LogP contribution in [-0.4, -0.2) is 49.4 Å². The molecule has 1 aromatic rings. The molecule has 0 aliphatic carbocycles. The summed E-state index contributed by atoms with van der Waals surface area (Å²) in [5.74, 6) is -1.88. The van der Waals surface area contributed by atoms with E-state index in [1.165, 1.54) is 18.8 Å². The van der Waals surface area contributed by atoms with Gasteiger partial charge in [-0.05, 0) is 24.5 Å². The lowest BCUT2D eigenvalue weighted by molar-refractivity contribution is 0.0691. The Morgan fingerprint density at radius 3 is 2.58 bits per heavy atom. The van der Waals surface area contributed by atoms with E-state index in [-0.39, 0.29) is 4.90 Å². The van der Waals surface area contributed by atoms with Crippen molar-refractivity contribution in [2.75, 3.05) is 25.6 Å². The molecule has 0 saturated heterocycles. The van der Waals surface area contributed by atoms with Gasteiger partial charge in [0.15, 0.2) is 0 Å². The number of aromatic carboxylic acids is 1. The smallest absolute Gasteiger partial charge is 0.338 e. The molecule has 0 heterocycles. The molecule has 0 atom stereocenters. The van der Waals surface area contributed by atoms with E-state index in [2.05, 4.69) is 0 Å². The highest BCUT2D eigenvalue weighted by molar-refractivity contribution is 7.98. The lowest BCUT2D eigenvalue weighted by Gasteiger charge is -2.16. The van der Waals surface area contributed by atoms with Crippen LogP contribution in [0, 0.1) is 5.82 Å². The molecule has 19 heavy (non-hydrogen) atoms. The largest absolute Gasteiger partial charge is 0.478 e. The summed E-state index contributed by atoms with van der Waals surface area (Å²) in [5, 5.41) is 8.68. The number of nitrogens with zero attached hydrogens (tertiary/aromatic N) is 1. The molecular weight excluding hydrogens is 293 g/mol. The molecule has 1 N–H and O–H groups in total. The quantitative estimate of drug-likeness (QED) is 0.862. The first-order valence-electron chi connectivity index (χ1n) is 5.29. The van der Waals surface area contributed by atoms with Gasteiger partial charge in [0.2, 0.25) is 10.0 Å². The molecule has 0 saturated carbocycles. The van der Waals surface area contributed by atoms with Gasteiger partial charge in [0.1, 0.15) is 5.82 Å². The number of halogens is 1. The number of sulfonamides is 1. The summed E-state index contributed by atoms with van der Waals surface area (Å²) in [6.07, 6.45) is 1.85. The highest BCUT2D eigenvalue weighted by Crippen LogP contribution is 2.18. The van der Waals surface area contributed by atoms with Crippen molar-refractivity contribution in [3.05, 3.63) is 29.6 Å². The molecular formula is C11H14FNO4S2. The molecule has 0 amide bonds. The Morgan fingerprint density at radius 1 is 1.47 bits per heavy atom. The van der Waals surface area contributed by atoms with Crippen molar-refractivity contribution < 1.29 is 22.7 Å². The zero-order chi connectivity index (χ0) is 14.6. The zero-order valence-corrected chi connectivity index (χ0v) is 12.1. The lowest BCUT2D eigenvalue weighted by Crippen LogP contribution is -2.29. The number of thioether (sulfide) groups is 1. The van der Waals surface area contributed by atoms with E-state index in [1.807, 2.05) is 6.26 Å². The van der Waals surface area contributed by atoms with Crippen molar-refractivity contribution in [2.24, 2.45) is 0 Å². The molecule has 1 rings (SSSR count). The molecule has 8 heteroatoms. The summed E-state index contributed by atoms with van der Waals surface area (Å²) in [6.45, 7) is 0.297. The van der Waals surface area contributed by atoms with E-state index in [9.17, 15) is 17.6 Å². The second kappa shape index (κ2) is 6.36. The maximum absolute atomic E-state index is 13.5. The average molecular weight is 307 g/mol. The molecule has 5 nitrogen and oxygen atoms in total. The fraction of sp³-hybridized carbons (Fsp3) is 0.364. The molecule has 0 aliphatic heterocycles. The third kappa shape index (κ3) is 3.68. The summed E-state index contributed by atoms with van der Waals surface area (Å²) in [6, 6.07) is 2.78. The number of hydrogen-bond acceptors (Lipinski definition) is 4. The maximum Gasteiger partial charge on any atom is 0.338 e. The number of carbonyl (C=O) groups is 1. The molecule has 0 radical (unpaired) electrons. The average Bonchev–Trinajstić information content (AvgIpc) is 2.35. The lowest BCUT2D eigenvalue weighted by atomic mass is 10.2. The summed E-state index contributed by atoms with van der Waals surface area (Å²) >= 11 is 1.49. The summed E-state index contributed by atoms with van der Waals surface area (Å²) in [4.78, 5) is 10.4. The normalized spacial score (nSPS) is 11.8. The second-order valence-corrected chi connectivity index (χ2v) is 6.80. The first kappa shape index (κ1) is 15.9. The van der Waals surface area contributed by atoms with Crippen LogP contribution in [-0.2, 0) is 10.0 Å². The van der Waals surface area contributed by atoms with Crippen molar-refractivity contribution in [1.82, 2.24) is 4.31 Å². The van der Waals surface area contributed by atoms with E-state index in [0.29, 0.717) is 12.3 Å². The van der Waals surface area contributed by atoms with Crippen molar-refractivity contribution in [2.45, 2.75) is 4.90 Å². The van der Waals surface area contributed by atoms with Gasteiger partial charge < -0.3 is 5.11 Å². The first-order valence-corrected chi connectivity index (χ1v) is 8.12. The Morgan fingerprint density at radius 2 is 2.11 bits per heavy atom. The van der Waals surface area contributed by atoms with E-state index < -0.39 is 27.4 Å². The van der Waals surface area contributed by atoms with Crippen LogP contribution >= 0.6 is 11.8 Å². The number of rotatable bonds is 6. The molecule has 0 spiro atoms. The van der Waals surface area contributed by atoms with Gasteiger partial charge in [0.25, 0.3) is 0 Å². The molecule has 0 unspecified atom stereocenters. The van der Waals surface area contributed by atoms with E-state index in [4.69, 9.17) is 5.11 Å². The minimum Gasteiger partial charge on any atom is -0.478 e. The maximum atomic E-state index is 13.5. The van der Waals surface area contributed by atoms with Gasteiger partial charge in [-0.1, -0.05) is 0 Å². The number of carboxylic acids is 1. The first-order chi connectivity index (χ1) is 8.80. The van der Waals surface area contributed by atoms with E-state index >= 15 is 0 Å². The van der Waals surface area contributed by atoms with Gasteiger partial charge in [0.05, 0.1) is 10.5 Å². The Bertz CT molecular complexity index is 574. The van der Waals surface area contributed by atoms with Gasteiger partial charge in [0, 0.05) is 19.3 Å². The van der Waals surface area contributed by atoms with Crippen LogP contribution in [0.2, 0.25) is 0 Å². The van der Waals surface area contributed by atoms with Gasteiger partial charge >= 0.3 is 5.97 Å². The fourth-order valence-corrected chi connectivity index (χ4v) is 3.11. The second-order valence-electron chi connectivity index (χ2n) is 3.77. The predicted molar refractivity (Wildman–Crippen MR) is 71.6 cm³/mol. The number of carboxylic acid groups (broad SMARTS) is 1. The van der Waals surface area contributed by atoms with Gasteiger partial charge in [-0.2, -0.15) is 11.8 Å². The predicted octanol–water partition coefficient (Wildman–Crippen LogP) is 1.51. The van der Waals surface area contributed by atoms with Crippen molar-refractivity contribution in [3.8, 4) is 0 Å². The van der Waals surface area contributed by atoms with Crippen LogP contribution < -0.4 is 0 Å². The Labute approximate surface area is 115 Å². The minimum absolute atomic E-state index is 0.251. The van der Waals surface area contributed by atoms with Crippen LogP contribution in [0.5, 0.6) is 0 Å². The highest BCUT2D eigenvalue weighted by atomic mass is 32.2. The van der Waals surface area contributed by atoms with Gasteiger partial charge in [-0.3, -0.25) is 0 Å². The van der Waals surface area contributed by atoms with E-state index in [1.54, 1.807) is 0 Å². The number of hydrogen-bond donors (Lipinski definition) is 1. The summed E-state index contributed by atoms with van der Waals surface area (Å²) in [5.41, 5.74) is -0.550. The van der Waals surface area contributed by atoms with Crippen molar-refractivity contribution in [1.29, 1.82) is 0 Å². The van der Waals surface area contributed by atoms with Crippen LogP contribution in [0.4, 0.5) is 4.39 Å². The number of benzene rings is 1. The Kier molecular flexibility index (Phi) is 5.33. The third-order valence-electron chi connectivity index (χ3n) is 2.49. The fourth-order valence-electron chi connectivity index (χ4n) is 1.35. The Hall–Kier alpha value is -1.12. The van der Waals surface area contributed by atoms with Crippen molar-refractivity contribution in [3.63, 3.8) is 0 Å². The summed E-state index contributed by atoms with van der Waals surface area (Å²) in [7, 11) is -2.39. The SMILES string of the molecule is CSCCN(C)S(=O)(=O)c1ccc(C(=O)O)c(F)c1. The van der Waals surface area contributed by atoms with E-state index in [0.717, 1.165) is 22.5 Å². The molecule has 0 aromatic heterocycles. The van der Waals surface area contributed by atoms with Gasteiger partial charge in [-0.15, -0.1) is 0 Å². The van der Waals surface area contributed by atoms with Crippen molar-refractivity contribution >= 4 is 27.8 Å². The van der Waals surface area contributed by atoms with Gasteiger partial charge in [-0.25, -0.2) is 21.9 Å². The molecule has 106 valence electrons. The van der Waals surface area contributed by atoms with Crippen LogP contribution in [0.3, 0.4) is 0 Å². The minimum atomic E-state index is -3.79. The molecule has 0 bridgehead atoms. The molecule has 0 aliphatic rings. The monoisotopic (exact) mass is 307 g/mol. The Balaban J connectivity index is 3.09. The van der Waals surface area contributed by atoms with Crippen LogP contribution in [0.1, 0.15) is 10.4 Å². The standard InChI is InChI=1S/C11H14FNO4S2/c1-13(5-6-18-2)19(16,17)8-3-4-9(11(14)15)10(12)7-8/h3-4,7H,5-6H2,1-2H3,(H,14,15). The molecule has 0 fully saturated rings. The third-order valence-corrected chi connectivity index (χ3v) is 4.93. The highest BCUT2D eigenvalue weighted by Gasteiger charge is 2.22. The molecule has 1 aromatic carbocycles. The summed E-state index contributed by atoms with van der Waals surface area (Å²) < 4.78 is 38.7. The van der Waals surface area contributed by atoms with Crippen LogP contribution in [0.15, 0.2) is 23.1 Å². The van der Waals surface area contributed by atoms with Crippen LogP contribution in [0.25, 0.3) is 0 Å².